The third-order valence-electron chi connectivity index (χ3n) is 4.81. The Bertz CT molecular complexity index is 634. The van der Waals surface area contributed by atoms with Gasteiger partial charge in [-0.05, 0) is 32.2 Å². The lowest BCUT2D eigenvalue weighted by Crippen LogP contribution is -2.41. The zero-order chi connectivity index (χ0) is 16.4. The molecule has 0 aliphatic carbocycles. The van der Waals surface area contributed by atoms with E-state index >= 15 is 0 Å². The molecule has 0 aromatic carbocycles. The number of nitrogens with zero attached hydrogens (tertiary/aromatic N) is 3. The monoisotopic (exact) mass is 341 g/mol. The SMILES string of the molecule is Cc1cc2n(n1)CC(CNCC1CCN(S(C)(=O)=O)CC1)CN2. The van der Waals surface area contributed by atoms with Crippen molar-refractivity contribution in [1.29, 1.82) is 0 Å². The van der Waals surface area contributed by atoms with Crippen molar-refractivity contribution in [2.75, 3.05) is 44.3 Å². The second-order valence-electron chi connectivity index (χ2n) is 6.86. The van der Waals surface area contributed by atoms with Crippen molar-refractivity contribution in [1.82, 2.24) is 19.4 Å². The van der Waals surface area contributed by atoms with E-state index in [4.69, 9.17) is 0 Å². The van der Waals surface area contributed by atoms with Gasteiger partial charge in [0.1, 0.15) is 5.82 Å². The zero-order valence-corrected chi connectivity index (χ0v) is 14.8. The topological polar surface area (TPSA) is 79.3 Å². The van der Waals surface area contributed by atoms with Gasteiger partial charge in [-0.15, -0.1) is 0 Å². The van der Waals surface area contributed by atoms with Gasteiger partial charge in [0.15, 0.2) is 0 Å². The summed E-state index contributed by atoms with van der Waals surface area (Å²) in [5.74, 6) is 2.23. The lowest BCUT2D eigenvalue weighted by Gasteiger charge is -2.31. The Morgan fingerprint density at radius 2 is 2.00 bits per heavy atom. The Kier molecular flexibility index (Phi) is 4.93. The highest BCUT2D eigenvalue weighted by Gasteiger charge is 2.25. The van der Waals surface area contributed by atoms with Crippen molar-refractivity contribution in [3.63, 3.8) is 0 Å². The number of rotatable bonds is 5. The van der Waals surface area contributed by atoms with Crippen LogP contribution in [0.25, 0.3) is 0 Å². The fourth-order valence-electron chi connectivity index (χ4n) is 3.46. The van der Waals surface area contributed by atoms with Gasteiger partial charge >= 0.3 is 0 Å². The fourth-order valence-corrected chi connectivity index (χ4v) is 4.33. The molecule has 0 radical (unpaired) electrons. The van der Waals surface area contributed by atoms with Crippen molar-refractivity contribution >= 4 is 15.8 Å². The molecule has 23 heavy (non-hydrogen) atoms. The lowest BCUT2D eigenvalue weighted by atomic mass is 9.98. The Labute approximate surface area is 138 Å². The second kappa shape index (κ2) is 6.78. The predicted molar refractivity (Wildman–Crippen MR) is 91.0 cm³/mol. The van der Waals surface area contributed by atoms with E-state index in [0.29, 0.717) is 24.9 Å². The van der Waals surface area contributed by atoms with E-state index in [1.54, 1.807) is 4.31 Å². The molecule has 2 N–H and O–H groups in total. The molecule has 7 nitrogen and oxygen atoms in total. The molecule has 1 fully saturated rings. The number of hydrogen-bond donors (Lipinski definition) is 2. The first-order valence-electron chi connectivity index (χ1n) is 8.36. The molecular formula is C15H27N5O2S. The van der Waals surface area contributed by atoms with Crippen molar-refractivity contribution in [3.05, 3.63) is 11.8 Å². The van der Waals surface area contributed by atoms with Crippen molar-refractivity contribution in [2.45, 2.75) is 26.3 Å². The van der Waals surface area contributed by atoms with Gasteiger partial charge in [-0.1, -0.05) is 0 Å². The molecule has 1 saturated heterocycles. The first-order valence-corrected chi connectivity index (χ1v) is 10.2. The number of anilines is 1. The van der Waals surface area contributed by atoms with Crippen LogP contribution in [0.3, 0.4) is 0 Å². The van der Waals surface area contributed by atoms with E-state index in [9.17, 15) is 8.42 Å². The number of hydrogen-bond acceptors (Lipinski definition) is 5. The van der Waals surface area contributed by atoms with Gasteiger partial charge < -0.3 is 10.6 Å². The fraction of sp³-hybridized carbons (Fsp3) is 0.800. The van der Waals surface area contributed by atoms with Crippen LogP contribution in [-0.2, 0) is 16.6 Å². The molecule has 1 aromatic heterocycles. The van der Waals surface area contributed by atoms with Gasteiger partial charge in [-0.25, -0.2) is 17.4 Å². The summed E-state index contributed by atoms with van der Waals surface area (Å²) < 4.78 is 26.7. The summed E-state index contributed by atoms with van der Waals surface area (Å²) in [4.78, 5) is 0. The van der Waals surface area contributed by atoms with Crippen LogP contribution in [-0.4, -0.2) is 61.5 Å². The van der Waals surface area contributed by atoms with Crippen LogP contribution in [0.1, 0.15) is 18.5 Å². The van der Waals surface area contributed by atoms with Gasteiger partial charge in [-0.3, -0.25) is 0 Å². The Morgan fingerprint density at radius 1 is 1.30 bits per heavy atom. The van der Waals surface area contributed by atoms with Gasteiger partial charge in [0.25, 0.3) is 0 Å². The van der Waals surface area contributed by atoms with E-state index in [2.05, 4.69) is 26.5 Å². The lowest BCUT2D eigenvalue weighted by molar-refractivity contribution is 0.263. The highest BCUT2D eigenvalue weighted by molar-refractivity contribution is 7.88. The summed E-state index contributed by atoms with van der Waals surface area (Å²) in [6.45, 7) is 7.21. The molecule has 3 heterocycles. The minimum atomic E-state index is -3.02. The van der Waals surface area contributed by atoms with Crippen LogP contribution in [0.5, 0.6) is 0 Å². The molecule has 2 aliphatic heterocycles. The third kappa shape index (κ3) is 4.24. The van der Waals surface area contributed by atoms with Gasteiger partial charge in [0, 0.05) is 44.7 Å². The molecule has 0 bridgehead atoms. The van der Waals surface area contributed by atoms with Crippen molar-refractivity contribution in [3.8, 4) is 0 Å². The average Bonchev–Trinajstić information content (AvgIpc) is 2.86. The van der Waals surface area contributed by atoms with Crippen LogP contribution in [0, 0.1) is 18.8 Å². The molecule has 130 valence electrons. The predicted octanol–water partition coefficient (Wildman–Crippen LogP) is 0.494. The third-order valence-corrected chi connectivity index (χ3v) is 6.12. The average molecular weight is 341 g/mol. The Hall–Kier alpha value is -1.12. The van der Waals surface area contributed by atoms with Gasteiger partial charge in [0.2, 0.25) is 10.0 Å². The Balaban J connectivity index is 1.38. The van der Waals surface area contributed by atoms with E-state index in [1.165, 1.54) is 6.26 Å². The minimum Gasteiger partial charge on any atom is -0.370 e. The molecule has 1 aromatic rings. The summed E-state index contributed by atoms with van der Waals surface area (Å²) in [6.07, 6.45) is 3.20. The van der Waals surface area contributed by atoms with Gasteiger partial charge in [-0.2, -0.15) is 5.10 Å². The second-order valence-corrected chi connectivity index (χ2v) is 8.85. The molecule has 1 atom stereocenters. The van der Waals surface area contributed by atoms with Crippen LogP contribution < -0.4 is 10.6 Å². The maximum Gasteiger partial charge on any atom is 0.211 e. The van der Waals surface area contributed by atoms with Crippen molar-refractivity contribution in [2.24, 2.45) is 11.8 Å². The summed E-state index contributed by atoms with van der Waals surface area (Å²) in [6, 6.07) is 2.08. The normalized spacial score (nSPS) is 23.5. The first kappa shape index (κ1) is 16.7. The number of aryl methyl sites for hydroxylation is 1. The molecule has 0 saturated carbocycles. The minimum absolute atomic E-state index is 0.540. The molecule has 3 rings (SSSR count). The molecule has 1 unspecified atom stereocenters. The smallest absolute Gasteiger partial charge is 0.211 e. The molecular weight excluding hydrogens is 314 g/mol. The summed E-state index contributed by atoms with van der Waals surface area (Å²) in [5.41, 5.74) is 1.05. The molecule has 0 spiro atoms. The largest absolute Gasteiger partial charge is 0.370 e. The highest BCUT2D eigenvalue weighted by Crippen LogP contribution is 2.20. The number of aromatic nitrogens is 2. The van der Waals surface area contributed by atoms with E-state index in [0.717, 1.165) is 50.5 Å². The molecule has 8 heteroatoms. The van der Waals surface area contributed by atoms with E-state index in [1.807, 2.05) is 6.92 Å². The van der Waals surface area contributed by atoms with Crippen molar-refractivity contribution < 1.29 is 8.42 Å². The first-order chi connectivity index (χ1) is 10.9. The number of nitrogens with one attached hydrogen (secondary N) is 2. The quantitative estimate of drug-likeness (QED) is 0.815. The maximum absolute atomic E-state index is 11.5. The van der Waals surface area contributed by atoms with Crippen LogP contribution in [0.15, 0.2) is 6.07 Å². The summed E-state index contributed by atoms with van der Waals surface area (Å²) in [7, 11) is -3.02. The number of piperidine rings is 1. The van der Waals surface area contributed by atoms with Gasteiger partial charge in [0.05, 0.1) is 11.9 Å². The maximum atomic E-state index is 11.5. The number of fused-ring (bicyclic) bond motifs is 1. The highest BCUT2D eigenvalue weighted by atomic mass is 32.2. The van der Waals surface area contributed by atoms with Crippen LogP contribution in [0.4, 0.5) is 5.82 Å². The summed E-state index contributed by atoms with van der Waals surface area (Å²) in [5, 5.41) is 11.5. The van der Waals surface area contributed by atoms with Crippen LogP contribution in [0.2, 0.25) is 0 Å². The van der Waals surface area contributed by atoms with E-state index in [-0.39, 0.29) is 0 Å². The standard InChI is InChI=1S/C15H27N5O2S/c1-12-7-15-17-10-14(11-20(15)18-12)9-16-8-13-3-5-19(6-4-13)23(2,21)22/h7,13-14,16-17H,3-6,8-11H2,1-2H3. The van der Waals surface area contributed by atoms with E-state index < -0.39 is 10.0 Å². The molecule has 2 aliphatic rings. The zero-order valence-electron chi connectivity index (χ0n) is 14.0. The molecule has 0 amide bonds. The summed E-state index contributed by atoms with van der Waals surface area (Å²) >= 11 is 0. The number of sulfonamides is 1. The Morgan fingerprint density at radius 3 is 2.70 bits per heavy atom. The van der Waals surface area contributed by atoms with Crippen LogP contribution >= 0.6 is 0 Å².